The number of hydrogen-bond donors (Lipinski definition) is 1. The molecule has 1 aliphatic rings. The number of halogens is 1. The number of anilines is 1. The molecule has 3 heteroatoms. The fraction of sp³-hybridized carbons (Fsp3) is 0.538. The molecule has 2 nitrogen and oxygen atoms in total. The van der Waals surface area contributed by atoms with Gasteiger partial charge in [-0.25, -0.2) is 0 Å². The molecule has 0 radical (unpaired) electrons. The first-order valence-electron chi connectivity index (χ1n) is 5.79. The first-order chi connectivity index (χ1) is 7.61. The number of hydrogen-bond acceptors (Lipinski definition) is 2. The molecule has 88 valence electrons. The highest BCUT2D eigenvalue weighted by molar-refractivity contribution is 9.10. The number of benzene rings is 1. The van der Waals surface area contributed by atoms with Crippen LogP contribution in [0, 0.1) is 0 Å². The zero-order valence-corrected chi connectivity index (χ0v) is 11.7. The maximum absolute atomic E-state index is 3.56. The lowest BCUT2D eigenvalue weighted by Crippen LogP contribution is -2.25. The summed E-state index contributed by atoms with van der Waals surface area (Å²) in [6.07, 6.45) is 1.20. The minimum Gasteiger partial charge on any atom is -0.374 e. The lowest BCUT2D eigenvalue weighted by atomic mass is 9.95. The molecule has 0 spiro atoms. The van der Waals surface area contributed by atoms with Gasteiger partial charge in [-0.05, 0) is 44.2 Å². The summed E-state index contributed by atoms with van der Waals surface area (Å²) in [6, 6.07) is 7.18. The Labute approximate surface area is 106 Å². The largest absolute Gasteiger partial charge is 0.374 e. The van der Waals surface area contributed by atoms with Gasteiger partial charge in [0, 0.05) is 35.7 Å². The van der Waals surface area contributed by atoms with Crippen LogP contribution in [0.15, 0.2) is 22.7 Å². The minimum atomic E-state index is 0.573. The summed E-state index contributed by atoms with van der Waals surface area (Å²) < 4.78 is 1.18. The molecule has 1 aromatic carbocycles. The lowest BCUT2D eigenvalue weighted by molar-refractivity contribution is 0.508. The molecule has 2 unspecified atom stereocenters. The van der Waals surface area contributed by atoms with E-state index in [0.717, 1.165) is 6.54 Å². The van der Waals surface area contributed by atoms with Crippen LogP contribution < -0.4 is 10.2 Å². The highest BCUT2D eigenvalue weighted by Crippen LogP contribution is 2.39. The molecule has 0 fully saturated rings. The Morgan fingerprint density at radius 3 is 3.00 bits per heavy atom. The van der Waals surface area contributed by atoms with Crippen molar-refractivity contribution in [3.8, 4) is 0 Å². The molecular weight excluding hydrogens is 264 g/mol. The lowest BCUT2D eigenvalue weighted by Gasteiger charge is -2.17. The van der Waals surface area contributed by atoms with Gasteiger partial charge in [0.05, 0.1) is 0 Å². The summed E-state index contributed by atoms with van der Waals surface area (Å²) in [5, 5.41) is 3.32. The van der Waals surface area contributed by atoms with Crippen molar-refractivity contribution in [1.29, 1.82) is 0 Å². The Balaban J connectivity index is 2.24. The zero-order chi connectivity index (χ0) is 11.7. The summed E-state index contributed by atoms with van der Waals surface area (Å²) in [5.74, 6) is 0.653. The quantitative estimate of drug-likeness (QED) is 0.917. The van der Waals surface area contributed by atoms with Crippen LogP contribution in [-0.4, -0.2) is 26.7 Å². The monoisotopic (exact) mass is 282 g/mol. The van der Waals surface area contributed by atoms with Crippen LogP contribution in [0.1, 0.15) is 24.8 Å². The topological polar surface area (TPSA) is 15.3 Å². The van der Waals surface area contributed by atoms with Crippen molar-refractivity contribution in [3.63, 3.8) is 0 Å². The highest BCUT2D eigenvalue weighted by atomic mass is 79.9. The first-order valence-corrected chi connectivity index (χ1v) is 6.59. The Bertz CT molecular complexity index is 378. The van der Waals surface area contributed by atoms with E-state index in [1.807, 2.05) is 7.05 Å². The fourth-order valence-electron chi connectivity index (χ4n) is 2.47. The van der Waals surface area contributed by atoms with E-state index < -0.39 is 0 Å². The van der Waals surface area contributed by atoms with E-state index in [1.165, 1.54) is 22.1 Å². The van der Waals surface area contributed by atoms with Crippen molar-refractivity contribution < 1.29 is 0 Å². The highest BCUT2D eigenvalue weighted by Gasteiger charge is 2.27. The van der Waals surface area contributed by atoms with Crippen LogP contribution in [0.2, 0.25) is 0 Å². The molecule has 0 saturated heterocycles. The second kappa shape index (κ2) is 4.76. The zero-order valence-electron chi connectivity index (χ0n) is 10.1. The third kappa shape index (κ3) is 2.25. The predicted octanol–water partition coefficient (Wildman–Crippen LogP) is 2.98. The van der Waals surface area contributed by atoms with Gasteiger partial charge in [0.15, 0.2) is 0 Å². The van der Waals surface area contributed by atoms with Gasteiger partial charge in [-0.2, -0.15) is 0 Å². The van der Waals surface area contributed by atoms with Crippen molar-refractivity contribution in [2.75, 3.05) is 25.5 Å². The van der Waals surface area contributed by atoms with E-state index in [-0.39, 0.29) is 0 Å². The maximum atomic E-state index is 3.56. The van der Waals surface area contributed by atoms with E-state index in [0.29, 0.717) is 12.0 Å². The second-order valence-electron chi connectivity index (χ2n) is 4.71. The van der Waals surface area contributed by atoms with Crippen molar-refractivity contribution in [1.82, 2.24) is 5.32 Å². The molecule has 1 aromatic rings. The van der Waals surface area contributed by atoms with Crippen molar-refractivity contribution in [2.24, 2.45) is 0 Å². The van der Waals surface area contributed by atoms with Gasteiger partial charge >= 0.3 is 0 Å². The van der Waals surface area contributed by atoms with E-state index in [1.54, 1.807) is 0 Å². The van der Waals surface area contributed by atoms with Crippen molar-refractivity contribution in [3.05, 3.63) is 28.2 Å². The fourth-order valence-corrected chi connectivity index (χ4v) is 2.85. The number of rotatable bonds is 3. The summed E-state index contributed by atoms with van der Waals surface area (Å²) in [7, 11) is 4.21. The molecule has 0 aliphatic carbocycles. The number of likely N-dealkylation sites (N-methyl/N-ethyl adjacent to an activating group) is 1. The van der Waals surface area contributed by atoms with Crippen molar-refractivity contribution in [2.45, 2.75) is 25.3 Å². The SMILES string of the molecule is CNC(C)CC1CN(C)c2ccc(Br)cc21. The third-order valence-corrected chi connectivity index (χ3v) is 3.96. The third-order valence-electron chi connectivity index (χ3n) is 3.47. The number of nitrogens with zero attached hydrogens (tertiary/aromatic N) is 1. The molecule has 0 saturated carbocycles. The first kappa shape index (κ1) is 11.9. The van der Waals surface area contributed by atoms with Crippen molar-refractivity contribution >= 4 is 21.6 Å². The van der Waals surface area contributed by atoms with E-state index in [4.69, 9.17) is 0 Å². The molecule has 2 rings (SSSR count). The molecule has 0 aromatic heterocycles. The molecule has 16 heavy (non-hydrogen) atoms. The Morgan fingerprint density at radius 1 is 1.56 bits per heavy atom. The number of fused-ring (bicyclic) bond motifs is 1. The molecule has 1 aliphatic heterocycles. The predicted molar refractivity (Wildman–Crippen MR) is 73.3 cm³/mol. The van der Waals surface area contributed by atoms with Gasteiger partial charge in [0.25, 0.3) is 0 Å². The van der Waals surface area contributed by atoms with Gasteiger partial charge in [-0.3, -0.25) is 0 Å². The smallest absolute Gasteiger partial charge is 0.0400 e. The summed E-state index contributed by atoms with van der Waals surface area (Å²) in [6.45, 7) is 3.38. The molecule has 1 N–H and O–H groups in total. The normalized spacial score (nSPS) is 21.0. The van der Waals surface area contributed by atoms with Gasteiger partial charge in [0.1, 0.15) is 0 Å². The Morgan fingerprint density at radius 2 is 2.31 bits per heavy atom. The van der Waals surface area contributed by atoms with Crippen LogP contribution in [0.3, 0.4) is 0 Å². The number of nitrogens with one attached hydrogen (secondary N) is 1. The maximum Gasteiger partial charge on any atom is 0.0400 e. The van der Waals surface area contributed by atoms with Gasteiger partial charge in [-0.1, -0.05) is 15.9 Å². The van der Waals surface area contributed by atoms with Crippen LogP contribution in [0.5, 0.6) is 0 Å². The standard InChI is InChI=1S/C13H19BrN2/c1-9(15-2)6-10-8-16(3)13-5-4-11(14)7-12(10)13/h4-5,7,9-10,15H,6,8H2,1-3H3. The average molecular weight is 283 g/mol. The minimum absolute atomic E-state index is 0.573. The molecule has 1 heterocycles. The average Bonchev–Trinajstić information content (AvgIpc) is 2.55. The van der Waals surface area contributed by atoms with Crippen LogP contribution >= 0.6 is 15.9 Å². The Kier molecular flexibility index (Phi) is 3.55. The van der Waals surface area contributed by atoms with Gasteiger partial charge in [0.2, 0.25) is 0 Å². The summed E-state index contributed by atoms with van der Waals surface area (Å²) in [5.41, 5.74) is 2.87. The summed E-state index contributed by atoms with van der Waals surface area (Å²) >= 11 is 3.56. The van der Waals surface area contributed by atoms with Gasteiger partial charge in [-0.15, -0.1) is 0 Å². The molecular formula is C13H19BrN2. The van der Waals surface area contributed by atoms with Crippen LogP contribution in [0.4, 0.5) is 5.69 Å². The summed E-state index contributed by atoms with van der Waals surface area (Å²) in [4.78, 5) is 2.36. The second-order valence-corrected chi connectivity index (χ2v) is 5.62. The van der Waals surface area contributed by atoms with E-state index in [9.17, 15) is 0 Å². The van der Waals surface area contributed by atoms with Crippen LogP contribution in [0.25, 0.3) is 0 Å². The van der Waals surface area contributed by atoms with E-state index in [2.05, 4.69) is 58.3 Å². The van der Waals surface area contributed by atoms with E-state index >= 15 is 0 Å². The molecule has 0 bridgehead atoms. The Hall–Kier alpha value is -0.540. The molecule has 2 atom stereocenters. The molecule has 0 amide bonds. The van der Waals surface area contributed by atoms with Crippen LogP contribution in [-0.2, 0) is 0 Å². The van der Waals surface area contributed by atoms with Gasteiger partial charge < -0.3 is 10.2 Å².